The Balaban J connectivity index is 1.55. The minimum absolute atomic E-state index is 0.305. The van der Waals surface area contributed by atoms with E-state index in [4.69, 9.17) is 11.6 Å². The van der Waals surface area contributed by atoms with E-state index in [1.54, 1.807) is 35.2 Å². The molecule has 0 unspecified atom stereocenters. The average Bonchev–Trinajstić information content (AvgIpc) is 2.96. The molecule has 8 heteroatoms. The maximum Gasteiger partial charge on any atom is 0.262 e. The molecular formula is C21H18ClN3O3S. The normalized spacial score (nSPS) is 17.8. The van der Waals surface area contributed by atoms with Gasteiger partial charge in [0.2, 0.25) is 5.91 Å². The largest absolute Gasteiger partial charge is 0.290 e. The maximum atomic E-state index is 13.0. The highest BCUT2D eigenvalue weighted by Crippen LogP contribution is 2.27. The lowest BCUT2D eigenvalue weighted by Gasteiger charge is -2.29. The first-order valence-electron chi connectivity index (χ1n) is 9.19. The molecular weight excluding hydrogens is 410 g/mol. The van der Waals surface area contributed by atoms with Crippen LogP contribution in [0.1, 0.15) is 32.7 Å². The SMILES string of the molecule is Cc1ccc(N=C2SCCCN2C(=O)CN2C(=O)c3ccccc3C2=O)cc1Cl. The lowest BCUT2D eigenvalue weighted by Crippen LogP contribution is -2.46. The van der Waals surface area contributed by atoms with Crippen LogP contribution in [-0.2, 0) is 4.79 Å². The second-order valence-corrected chi connectivity index (χ2v) is 8.29. The smallest absolute Gasteiger partial charge is 0.262 e. The molecule has 0 aliphatic carbocycles. The number of halogens is 1. The van der Waals surface area contributed by atoms with Crippen molar-refractivity contribution >= 4 is 51.9 Å². The van der Waals surface area contributed by atoms with E-state index in [9.17, 15) is 14.4 Å². The summed E-state index contributed by atoms with van der Waals surface area (Å²) in [6.07, 6.45) is 0.812. The van der Waals surface area contributed by atoms with Crippen molar-refractivity contribution < 1.29 is 14.4 Å². The van der Waals surface area contributed by atoms with Gasteiger partial charge in [-0.15, -0.1) is 0 Å². The van der Waals surface area contributed by atoms with Gasteiger partial charge in [0, 0.05) is 17.3 Å². The number of imide groups is 1. The lowest BCUT2D eigenvalue weighted by molar-refractivity contribution is -0.127. The van der Waals surface area contributed by atoms with Gasteiger partial charge < -0.3 is 0 Å². The fourth-order valence-electron chi connectivity index (χ4n) is 3.25. The molecule has 0 aromatic heterocycles. The van der Waals surface area contributed by atoms with E-state index in [0.29, 0.717) is 33.5 Å². The molecule has 2 aliphatic rings. The Labute approximate surface area is 177 Å². The van der Waals surface area contributed by atoms with Gasteiger partial charge in [-0.2, -0.15) is 0 Å². The molecule has 148 valence electrons. The molecule has 1 saturated heterocycles. The number of rotatable bonds is 3. The second kappa shape index (κ2) is 8.00. The Morgan fingerprint density at radius 3 is 2.48 bits per heavy atom. The third-order valence-electron chi connectivity index (χ3n) is 4.84. The number of hydrogen-bond donors (Lipinski definition) is 0. The van der Waals surface area contributed by atoms with Crippen LogP contribution in [0.15, 0.2) is 47.5 Å². The molecule has 2 heterocycles. The Kier molecular flexibility index (Phi) is 5.43. The van der Waals surface area contributed by atoms with Crippen LogP contribution in [0, 0.1) is 6.92 Å². The molecule has 2 aromatic carbocycles. The molecule has 0 N–H and O–H groups in total. The highest BCUT2D eigenvalue weighted by molar-refractivity contribution is 8.13. The number of fused-ring (bicyclic) bond motifs is 1. The summed E-state index contributed by atoms with van der Waals surface area (Å²) >= 11 is 7.66. The van der Waals surface area contributed by atoms with E-state index >= 15 is 0 Å². The van der Waals surface area contributed by atoms with Crippen LogP contribution in [-0.4, -0.2) is 51.5 Å². The first kappa shape index (κ1) is 19.7. The highest BCUT2D eigenvalue weighted by atomic mass is 35.5. The summed E-state index contributed by atoms with van der Waals surface area (Å²) in [4.78, 5) is 45.2. The number of carbonyl (C=O) groups is 3. The van der Waals surface area contributed by atoms with Gasteiger partial charge in [-0.1, -0.05) is 41.6 Å². The number of hydrogen-bond acceptors (Lipinski definition) is 5. The van der Waals surface area contributed by atoms with Crippen molar-refractivity contribution in [3.05, 3.63) is 64.2 Å². The average molecular weight is 428 g/mol. The number of benzene rings is 2. The summed E-state index contributed by atoms with van der Waals surface area (Å²) in [7, 11) is 0. The Morgan fingerprint density at radius 1 is 1.14 bits per heavy atom. The van der Waals surface area contributed by atoms with Gasteiger partial charge in [0.25, 0.3) is 11.8 Å². The van der Waals surface area contributed by atoms with Crippen LogP contribution in [0.25, 0.3) is 0 Å². The summed E-state index contributed by atoms with van der Waals surface area (Å²) in [5, 5.41) is 1.16. The van der Waals surface area contributed by atoms with Crippen molar-refractivity contribution in [3.8, 4) is 0 Å². The van der Waals surface area contributed by atoms with E-state index < -0.39 is 11.8 Å². The van der Waals surface area contributed by atoms with Crippen LogP contribution in [0.5, 0.6) is 0 Å². The van der Waals surface area contributed by atoms with Gasteiger partial charge in [0.05, 0.1) is 16.8 Å². The van der Waals surface area contributed by atoms with Crippen LogP contribution in [0.3, 0.4) is 0 Å². The van der Waals surface area contributed by atoms with Crippen molar-refractivity contribution in [2.45, 2.75) is 13.3 Å². The number of carbonyl (C=O) groups excluding carboxylic acids is 3. The topological polar surface area (TPSA) is 70.1 Å². The molecule has 3 amide bonds. The quantitative estimate of drug-likeness (QED) is 0.696. The monoisotopic (exact) mass is 427 g/mol. The molecule has 1 fully saturated rings. The van der Waals surface area contributed by atoms with Gasteiger partial charge in [-0.3, -0.25) is 24.2 Å². The minimum Gasteiger partial charge on any atom is -0.290 e. The lowest BCUT2D eigenvalue weighted by atomic mass is 10.1. The molecule has 0 saturated carbocycles. The summed E-state index contributed by atoms with van der Waals surface area (Å²) < 4.78 is 0. The van der Waals surface area contributed by atoms with Gasteiger partial charge in [0.1, 0.15) is 6.54 Å². The summed E-state index contributed by atoms with van der Waals surface area (Å²) in [6, 6.07) is 12.1. The van der Waals surface area contributed by atoms with Crippen LogP contribution >= 0.6 is 23.4 Å². The first-order chi connectivity index (χ1) is 14.0. The van der Waals surface area contributed by atoms with Gasteiger partial charge in [0.15, 0.2) is 5.17 Å². The summed E-state index contributed by atoms with van der Waals surface area (Å²) in [6.45, 7) is 2.10. The van der Waals surface area contributed by atoms with Gasteiger partial charge >= 0.3 is 0 Å². The Bertz CT molecular complexity index is 1020. The Hall–Kier alpha value is -2.64. The molecule has 4 rings (SSSR count). The molecule has 0 radical (unpaired) electrons. The number of nitrogens with zero attached hydrogens (tertiary/aromatic N) is 3. The van der Waals surface area contributed by atoms with E-state index in [1.165, 1.54) is 11.8 Å². The van der Waals surface area contributed by atoms with E-state index in [2.05, 4.69) is 4.99 Å². The fraction of sp³-hybridized carbons (Fsp3) is 0.238. The standard InChI is InChI=1S/C21H18ClN3O3S/c1-13-7-8-14(11-17(13)22)23-21-24(9-4-10-29-21)18(26)12-25-19(27)15-5-2-3-6-16(15)20(25)28/h2-3,5-8,11H,4,9-10,12H2,1H3. The Morgan fingerprint density at radius 2 is 1.83 bits per heavy atom. The number of thioether (sulfide) groups is 1. The van der Waals surface area contributed by atoms with Crippen molar-refractivity contribution in [2.24, 2.45) is 4.99 Å². The molecule has 0 atom stereocenters. The molecule has 0 spiro atoms. The van der Waals surface area contributed by atoms with Crippen molar-refractivity contribution in [1.82, 2.24) is 9.80 Å². The fourth-order valence-corrected chi connectivity index (χ4v) is 4.40. The van der Waals surface area contributed by atoms with Gasteiger partial charge in [-0.05, 0) is 43.2 Å². The van der Waals surface area contributed by atoms with Crippen LogP contribution in [0.4, 0.5) is 5.69 Å². The number of amidine groups is 1. The van der Waals surface area contributed by atoms with Crippen LogP contribution in [0.2, 0.25) is 5.02 Å². The van der Waals surface area contributed by atoms with E-state index in [1.807, 2.05) is 19.1 Å². The molecule has 6 nitrogen and oxygen atoms in total. The predicted molar refractivity (Wildman–Crippen MR) is 114 cm³/mol. The predicted octanol–water partition coefficient (Wildman–Crippen LogP) is 3.90. The van der Waals surface area contributed by atoms with Crippen LogP contribution < -0.4 is 0 Å². The summed E-state index contributed by atoms with van der Waals surface area (Å²) in [5.41, 5.74) is 2.28. The highest BCUT2D eigenvalue weighted by Gasteiger charge is 2.37. The zero-order valence-electron chi connectivity index (χ0n) is 15.7. The zero-order valence-corrected chi connectivity index (χ0v) is 17.3. The molecule has 0 bridgehead atoms. The van der Waals surface area contributed by atoms with Crippen molar-refractivity contribution in [1.29, 1.82) is 0 Å². The minimum atomic E-state index is -0.438. The number of aliphatic imine (C=N–C) groups is 1. The number of aryl methyl sites for hydroxylation is 1. The molecule has 2 aliphatic heterocycles. The maximum absolute atomic E-state index is 13.0. The zero-order chi connectivity index (χ0) is 20.5. The molecule has 29 heavy (non-hydrogen) atoms. The van der Waals surface area contributed by atoms with Gasteiger partial charge in [-0.25, -0.2) is 4.99 Å². The van der Waals surface area contributed by atoms with E-state index in [0.717, 1.165) is 22.6 Å². The van der Waals surface area contributed by atoms with E-state index in [-0.39, 0.29) is 12.5 Å². The first-order valence-corrected chi connectivity index (χ1v) is 10.6. The summed E-state index contributed by atoms with van der Waals surface area (Å²) in [5.74, 6) is -0.363. The van der Waals surface area contributed by atoms with Crippen molar-refractivity contribution in [3.63, 3.8) is 0 Å². The molecule has 2 aromatic rings. The second-order valence-electron chi connectivity index (χ2n) is 6.82. The van der Waals surface area contributed by atoms with Crippen molar-refractivity contribution in [2.75, 3.05) is 18.8 Å². The number of amides is 3. The third-order valence-corrected chi connectivity index (χ3v) is 6.31. The third kappa shape index (κ3) is 3.80.